The first kappa shape index (κ1) is 9.83. The fraction of sp³-hybridized carbons (Fsp3) is 1.00. The molecular formula is C6H15O3P2+. The molecule has 0 bridgehead atoms. The Morgan fingerprint density at radius 3 is 2.64 bits per heavy atom. The summed E-state index contributed by atoms with van der Waals surface area (Å²) in [5.74, 6) is 0.0597. The second-order valence-electron chi connectivity index (χ2n) is 2.92. The van der Waals surface area contributed by atoms with Gasteiger partial charge in [-0.3, -0.25) is 0 Å². The van der Waals surface area contributed by atoms with Gasteiger partial charge in [0.25, 0.3) is 0 Å². The van der Waals surface area contributed by atoms with Crippen molar-refractivity contribution in [1.82, 2.24) is 0 Å². The lowest BCUT2D eigenvalue weighted by Crippen LogP contribution is -2.23. The van der Waals surface area contributed by atoms with Crippen LogP contribution in [0.1, 0.15) is 20.3 Å². The molecule has 1 heterocycles. The second-order valence-corrected chi connectivity index (χ2v) is 6.30. The standard InChI is InChI=1S/C6H15O3P2/c1-5(2)11(7)8-4-3-6(10)9-11/h5-7H,3-4,10H2,1-2H3/q+1. The van der Waals surface area contributed by atoms with Crippen LogP contribution >= 0.6 is 17.2 Å². The molecular weight excluding hydrogens is 182 g/mol. The van der Waals surface area contributed by atoms with Crippen molar-refractivity contribution in [3.63, 3.8) is 0 Å². The lowest BCUT2D eigenvalue weighted by molar-refractivity contribution is 0.100. The van der Waals surface area contributed by atoms with Gasteiger partial charge in [-0.05, 0) is 13.8 Å². The third-order valence-corrected chi connectivity index (χ3v) is 4.75. The highest BCUT2D eigenvalue weighted by Gasteiger charge is 2.49. The molecule has 66 valence electrons. The Labute approximate surface area is 70.3 Å². The predicted octanol–water partition coefficient (Wildman–Crippen LogP) is 1.79. The molecule has 0 saturated carbocycles. The van der Waals surface area contributed by atoms with E-state index in [4.69, 9.17) is 9.05 Å². The minimum atomic E-state index is -2.51. The van der Waals surface area contributed by atoms with Crippen LogP contribution in [0.3, 0.4) is 0 Å². The van der Waals surface area contributed by atoms with E-state index >= 15 is 0 Å². The highest BCUT2D eigenvalue weighted by Crippen LogP contribution is 2.64. The van der Waals surface area contributed by atoms with E-state index in [1.54, 1.807) is 0 Å². The average Bonchev–Trinajstić information content (AvgIpc) is 1.86. The Hall–Kier alpha value is 0.740. The average molecular weight is 197 g/mol. The van der Waals surface area contributed by atoms with Gasteiger partial charge in [-0.25, -0.2) is 0 Å². The van der Waals surface area contributed by atoms with Crippen LogP contribution in [0.2, 0.25) is 0 Å². The molecule has 0 amide bonds. The molecule has 1 rings (SSSR count). The summed E-state index contributed by atoms with van der Waals surface area (Å²) in [4.78, 5) is 9.77. The predicted molar refractivity (Wildman–Crippen MR) is 49.4 cm³/mol. The van der Waals surface area contributed by atoms with Crippen LogP contribution in [0.15, 0.2) is 0 Å². The summed E-state index contributed by atoms with van der Waals surface area (Å²) in [5, 5.41) is 0. The summed E-state index contributed by atoms with van der Waals surface area (Å²) in [7, 11) is 0.0467. The summed E-state index contributed by atoms with van der Waals surface area (Å²) in [6.45, 7) is 4.43. The van der Waals surface area contributed by atoms with Crippen molar-refractivity contribution in [2.75, 3.05) is 6.61 Å². The maximum absolute atomic E-state index is 9.77. The molecule has 0 spiro atoms. The van der Waals surface area contributed by atoms with Crippen LogP contribution in [0, 0.1) is 0 Å². The van der Waals surface area contributed by atoms with Gasteiger partial charge in [-0.2, -0.15) is 13.9 Å². The van der Waals surface area contributed by atoms with E-state index in [2.05, 4.69) is 9.24 Å². The number of rotatable bonds is 1. The van der Waals surface area contributed by atoms with E-state index in [-0.39, 0.29) is 11.5 Å². The quantitative estimate of drug-likeness (QED) is 0.651. The molecule has 1 aliphatic heterocycles. The van der Waals surface area contributed by atoms with Gasteiger partial charge in [-0.1, -0.05) is 0 Å². The van der Waals surface area contributed by atoms with Crippen LogP contribution in [0.25, 0.3) is 0 Å². The normalized spacial score (nSPS) is 39.5. The van der Waals surface area contributed by atoms with Crippen molar-refractivity contribution >= 4 is 17.2 Å². The third-order valence-electron chi connectivity index (χ3n) is 1.62. The molecule has 11 heavy (non-hydrogen) atoms. The van der Waals surface area contributed by atoms with E-state index in [0.717, 1.165) is 6.42 Å². The van der Waals surface area contributed by atoms with Crippen molar-refractivity contribution < 1.29 is 13.9 Å². The van der Waals surface area contributed by atoms with E-state index in [9.17, 15) is 4.89 Å². The van der Waals surface area contributed by atoms with Crippen molar-refractivity contribution in [3.8, 4) is 0 Å². The van der Waals surface area contributed by atoms with E-state index in [0.29, 0.717) is 6.61 Å². The maximum Gasteiger partial charge on any atom is 0.411 e. The van der Waals surface area contributed by atoms with Crippen LogP contribution in [0.4, 0.5) is 0 Å². The Balaban J connectivity index is 2.55. The number of hydrogen-bond donors (Lipinski definition) is 1. The molecule has 3 unspecified atom stereocenters. The van der Waals surface area contributed by atoms with E-state index in [1.165, 1.54) is 0 Å². The van der Waals surface area contributed by atoms with Gasteiger partial charge in [0.15, 0.2) is 0 Å². The van der Waals surface area contributed by atoms with Crippen molar-refractivity contribution in [3.05, 3.63) is 0 Å². The van der Waals surface area contributed by atoms with Crippen molar-refractivity contribution in [1.29, 1.82) is 0 Å². The first-order valence-electron chi connectivity index (χ1n) is 3.74. The molecule has 1 N–H and O–H groups in total. The molecule has 0 aromatic carbocycles. The van der Waals surface area contributed by atoms with Crippen molar-refractivity contribution in [2.24, 2.45) is 0 Å². The Morgan fingerprint density at radius 2 is 2.27 bits per heavy atom. The van der Waals surface area contributed by atoms with Crippen molar-refractivity contribution in [2.45, 2.75) is 31.8 Å². The summed E-state index contributed by atoms with van der Waals surface area (Å²) >= 11 is 0. The zero-order valence-corrected chi connectivity index (χ0v) is 8.91. The monoisotopic (exact) mass is 197 g/mol. The van der Waals surface area contributed by atoms with Gasteiger partial charge in [-0.15, -0.1) is 9.24 Å². The zero-order chi connectivity index (χ0) is 8.48. The zero-order valence-electron chi connectivity index (χ0n) is 6.86. The third kappa shape index (κ3) is 2.34. The molecule has 0 aromatic heterocycles. The fourth-order valence-corrected chi connectivity index (χ4v) is 2.97. The molecule has 1 fully saturated rings. The summed E-state index contributed by atoms with van der Waals surface area (Å²) < 4.78 is 10.6. The van der Waals surface area contributed by atoms with Gasteiger partial charge in [0.05, 0.1) is 0 Å². The first-order valence-corrected chi connectivity index (χ1v) is 6.06. The first-order chi connectivity index (χ1) is 5.04. The van der Waals surface area contributed by atoms with Crippen LogP contribution in [-0.2, 0) is 9.05 Å². The Morgan fingerprint density at radius 1 is 1.64 bits per heavy atom. The molecule has 0 radical (unpaired) electrons. The molecule has 0 aliphatic carbocycles. The molecule has 5 heteroatoms. The summed E-state index contributed by atoms with van der Waals surface area (Å²) in [6, 6.07) is 0. The SMILES string of the molecule is CC(C)[P+]1(O)OCCC(P)O1. The molecule has 0 aromatic rings. The maximum atomic E-state index is 9.77. The van der Waals surface area contributed by atoms with E-state index < -0.39 is 7.94 Å². The largest absolute Gasteiger partial charge is 0.411 e. The molecule has 3 nitrogen and oxygen atoms in total. The fourth-order valence-electron chi connectivity index (χ4n) is 0.848. The summed E-state index contributed by atoms with van der Waals surface area (Å²) in [6.07, 6.45) is 0.847. The van der Waals surface area contributed by atoms with Gasteiger partial charge in [0.2, 0.25) is 0 Å². The van der Waals surface area contributed by atoms with E-state index in [1.807, 2.05) is 13.8 Å². The smallest absolute Gasteiger partial charge is 0.192 e. The summed E-state index contributed by atoms with van der Waals surface area (Å²) in [5.41, 5.74) is 0.0749. The van der Waals surface area contributed by atoms with Gasteiger partial charge in [0, 0.05) is 6.42 Å². The highest BCUT2D eigenvalue weighted by molar-refractivity contribution is 7.61. The van der Waals surface area contributed by atoms with Crippen LogP contribution in [-0.4, -0.2) is 23.0 Å². The lowest BCUT2D eigenvalue weighted by Gasteiger charge is -2.27. The molecule has 1 aliphatic rings. The Kier molecular flexibility index (Phi) is 3.25. The van der Waals surface area contributed by atoms with Crippen LogP contribution in [0.5, 0.6) is 0 Å². The highest BCUT2D eigenvalue weighted by atomic mass is 31.2. The topological polar surface area (TPSA) is 38.7 Å². The minimum Gasteiger partial charge on any atom is -0.192 e. The van der Waals surface area contributed by atoms with Gasteiger partial charge >= 0.3 is 7.94 Å². The molecule has 3 atom stereocenters. The molecule has 1 saturated heterocycles. The lowest BCUT2D eigenvalue weighted by atomic mass is 10.5. The second kappa shape index (κ2) is 3.64. The number of hydrogen-bond acceptors (Lipinski definition) is 3. The van der Waals surface area contributed by atoms with Gasteiger partial charge < -0.3 is 0 Å². The van der Waals surface area contributed by atoms with Crippen LogP contribution < -0.4 is 0 Å². The minimum absolute atomic E-state index is 0.0597. The Bertz CT molecular complexity index is 142. The van der Waals surface area contributed by atoms with Gasteiger partial charge in [0.1, 0.15) is 18.1 Å².